The predicted octanol–water partition coefficient (Wildman–Crippen LogP) is 2.49. The summed E-state index contributed by atoms with van der Waals surface area (Å²) in [5.74, 6) is 2.15. The maximum atomic E-state index is 9.83. The minimum Gasteiger partial charge on any atom is -0.454 e. The Hall–Kier alpha value is -1.26. The molecule has 3 atom stereocenters. The van der Waals surface area contributed by atoms with E-state index in [1.165, 1.54) is 12.0 Å². The highest BCUT2D eigenvalue weighted by molar-refractivity contribution is 5.44. The first-order chi connectivity index (χ1) is 10.2. The van der Waals surface area contributed by atoms with Crippen LogP contribution >= 0.6 is 0 Å². The predicted molar refractivity (Wildman–Crippen MR) is 81.7 cm³/mol. The third-order valence-electron chi connectivity index (χ3n) is 4.65. The lowest BCUT2D eigenvalue weighted by Gasteiger charge is -2.19. The minimum atomic E-state index is -0.0986. The number of rotatable bonds is 6. The van der Waals surface area contributed by atoms with Gasteiger partial charge in [0.25, 0.3) is 0 Å². The number of hydrogen-bond acceptors (Lipinski definition) is 4. The van der Waals surface area contributed by atoms with Gasteiger partial charge in [-0.05, 0) is 56.2 Å². The van der Waals surface area contributed by atoms with E-state index < -0.39 is 0 Å². The van der Waals surface area contributed by atoms with Crippen molar-refractivity contribution in [2.24, 2.45) is 5.92 Å². The van der Waals surface area contributed by atoms with Crippen molar-refractivity contribution >= 4 is 0 Å². The van der Waals surface area contributed by atoms with Crippen molar-refractivity contribution < 1.29 is 14.6 Å². The van der Waals surface area contributed by atoms with Gasteiger partial charge in [-0.1, -0.05) is 12.5 Å². The molecule has 2 aliphatic rings. The summed E-state index contributed by atoms with van der Waals surface area (Å²) in [7, 11) is 0. The van der Waals surface area contributed by atoms with Crippen molar-refractivity contribution in [3.05, 3.63) is 23.8 Å². The van der Waals surface area contributed by atoms with E-state index in [2.05, 4.69) is 24.4 Å². The molecule has 4 heteroatoms. The van der Waals surface area contributed by atoms with E-state index in [1.807, 2.05) is 6.07 Å². The van der Waals surface area contributed by atoms with Crippen molar-refractivity contribution in [3.63, 3.8) is 0 Å². The number of fused-ring (bicyclic) bond motifs is 1. The molecule has 2 N–H and O–H groups in total. The fourth-order valence-electron chi connectivity index (χ4n) is 3.19. The van der Waals surface area contributed by atoms with E-state index >= 15 is 0 Å². The first-order valence-electron chi connectivity index (χ1n) is 8.02. The van der Waals surface area contributed by atoms with Crippen molar-refractivity contribution in [2.45, 2.75) is 51.2 Å². The van der Waals surface area contributed by atoms with E-state index in [0.29, 0.717) is 18.8 Å². The molecule has 116 valence electrons. The lowest BCUT2D eigenvalue weighted by atomic mass is 10.0. The lowest BCUT2D eigenvalue weighted by molar-refractivity contribution is 0.130. The molecule has 1 aliphatic carbocycles. The van der Waals surface area contributed by atoms with Crippen LogP contribution in [0.2, 0.25) is 0 Å². The SMILES string of the molecule is CC(CCc1ccc2c(c1)OCO2)NCC1CCCC1O. The highest BCUT2D eigenvalue weighted by Gasteiger charge is 2.25. The van der Waals surface area contributed by atoms with Crippen LogP contribution in [0.3, 0.4) is 0 Å². The summed E-state index contributed by atoms with van der Waals surface area (Å²) < 4.78 is 10.7. The molecule has 1 aromatic rings. The molecule has 1 saturated carbocycles. The average molecular weight is 291 g/mol. The average Bonchev–Trinajstić information content (AvgIpc) is 3.11. The summed E-state index contributed by atoms with van der Waals surface area (Å²) in [4.78, 5) is 0. The van der Waals surface area contributed by atoms with Crippen LogP contribution in [0.15, 0.2) is 18.2 Å². The normalized spacial score (nSPS) is 25.2. The monoisotopic (exact) mass is 291 g/mol. The second-order valence-electron chi connectivity index (χ2n) is 6.29. The zero-order valence-electron chi connectivity index (χ0n) is 12.7. The van der Waals surface area contributed by atoms with E-state index in [4.69, 9.17) is 9.47 Å². The summed E-state index contributed by atoms with van der Waals surface area (Å²) in [6.07, 6.45) is 5.30. The standard InChI is InChI=1S/C17H25NO3/c1-12(18-10-14-3-2-4-15(14)19)5-6-13-7-8-16-17(9-13)21-11-20-16/h7-9,12,14-15,18-19H,2-6,10-11H2,1H3. The number of aryl methyl sites for hydroxylation is 1. The van der Waals surface area contributed by atoms with Gasteiger partial charge in [-0.15, -0.1) is 0 Å². The van der Waals surface area contributed by atoms with Gasteiger partial charge >= 0.3 is 0 Å². The molecule has 0 saturated heterocycles. The fraction of sp³-hybridized carbons (Fsp3) is 0.647. The number of ether oxygens (including phenoxy) is 2. The van der Waals surface area contributed by atoms with Crippen LogP contribution in [0.25, 0.3) is 0 Å². The van der Waals surface area contributed by atoms with E-state index in [0.717, 1.165) is 43.7 Å². The summed E-state index contributed by atoms with van der Waals surface area (Å²) in [5.41, 5.74) is 1.29. The van der Waals surface area contributed by atoms with E-state index in [1.54, 1.807) is 0 Å². The Bertz CT molecular complexity index is 477. The zero-order valence-corrected chi connectivity index (χ0v) is 12.7. The Morgan fingerprint density at radius 2 is 2.14 bits per heavy atom. The van der Waals surface area contributed by atoms with Gasteiger partial charge in [0.15, 0.2) is 11.5 Å². The summed E-state index contributed by atoms with van der Waals surface area (Å²) >= 11 is 0. The zero-order chi connectivity index (χ0) is 14.7. The molecule has 0 bridgehead atoms. The summed E-state index contributed by atoms with van der Waals surface area (Å²) in [6, 6.07) is 6.64. The van der Waals surface area contributed by atoms with Gasteiger partial charge in [-0.3, -0.25) is 0 Å². The van der Waals surface area contributed by atoms with E-state index in [9.17, 15) is 5.11 Å². The molecule has 0 spiro atoms. The highest BCUT2D eigenvalue weighted by atomic mass is 16.7. The number of aliphatic hydroxyl groups excluding tert-OH is 1. The molecular formula is C17H25NO3. The highest BCUT2D eigenvalue weighted by Crippen LogP contribution is 2.32. The lowest BCUT2D eigenvalue weighted by Crippen LogP contribution is -2.34. The van der Waals surface area contributed by atoms with Crippen LogP contribution in [0.1, 0.15) is 38.2 Å². The summed E-state index contributed by atoms with van der Waals surface area (Å²) in [5, 5.41) is 13.4. The quantitative estimate of drug-likeness (QED) is 0.845. The van der Waals surface area contributed by atoms with Gasteiger partial charge in [0.2, 0.25) is 6.79 Å². The number of hydrogen-bond donors (Lipinski definition) is 2. The van der Waals surface area contributed by atoms with Crippen molar-refractivity contribution in [2.75, 3.05) is 13.3 Å². The first kappa shape index (κ1) is 14.7. The Balaban J connectivity index is 1.42. The van der Waals surface area contributed by atoms with Gasteiger partial charge in [0, 0.05) is 12.6 Å². The Morgan fingerprint density at radius 1 is 1.29 bits per heavy atom. The van der Waals surface area contributed by atoms with Crippen LogP contribution in [-0.4, -0.2) is 30.6 Å². The number of nitrogens with one attached hydrogen (secondary N) is 1. The number of benzene rings is 1. The van der Waals surface area contributed by atoms with Crippen molar-refractivity contribution in [1.82, 2.24) is 5.32 Å². The van der Waals surface area contributed by atoms with Crippen LogP contribution in [0, 0.1) is 5.92 Å². The van der Waals surface area contributed by atoms with Crippen LogP contribution in [0.5, 0.6) is 11.5 Å². The molecule has 4 nitrogen and oxygen atoms in total. The smallest absolute Gasteiger partial charge is 0.231 e. The first-order valence-corrected chi connectivity index (χ1v) is 8.02. The van der Waals surface area contributed by atoms with Gasteiger partial charge in [-0.2, -0.15) is 0 Å². The second kappa shape index (κ2) is 6.67. The van der Waals surface area contributed by atoms with Crippen LogP contribution in [-0.2, 0) is 6.42 Å². The number of aliphatic hydroxyl groups is 1. The maximum Gasteiger partial charge on any atom is 0.231 e. The van der Waals surface area contributed by atoms with Gasteiger partial charge in [0.05, 0.1) is 6.10 Å². The maximum absolute atomic E-state index is 9.83. The third-order valence-corrected chi connectivity index (χ3v) is 4.65. The largest absolute Gasteiger partial charge is 0.454 e. The topological polar surface area (TPSA) is 50.7 Å². The van der Waals surface area contributed by atoms with Crippen molar-refractivity contribution in [3.8, 4) is 11.5 Å². The molecule has 0 radical (unpaired) electrons. The Kier molecular flexibility index (Phi) is 4.66. The van der Waals surface area contributed by atoms with Crippen LogP contribution in [0.4, 0.5) is 0 Å². The summed E-state index contributed by atoms with van der Waals surface area (Å²) in [6.45, 7) is 3.48. The molecule has 0 amide bonds. The van der Waals surface area contributed by atoms with E-state index in [-0.39, 0.29) is 6.10 Å². The molecular weight excluding hydrogens is 266 g/mol. The fourth-order valence-corrected chi connectivity index (χ4v) is 3.19. The molecule has 3 rings (SSSR count). The Morgan fingerprint density at radius 3 is 2.95 bits per heavy atom. The third kappa shape index (κ3) is 3.69. The molecule has 1 fully saturated rings. The van der Waals surface area contributed by atoms with Crippen molar-refractivity contribution in [1.29, 1.82) is 0 Å². The van der Waals surface area contributed by atoms with Gasteiger partial charge < -0.3 is 19.9 Å². The molecule has 0 aromatic heterocycles. The molecule has 21 heavy (non-hydrogen) atoms. The molecule has 1 heterocycles. The second-order valence-corrected chi connectivity index (χ2v) is 6.29. The van der Waals surface area contributed by atoms with Gasteiger partial charge in [-0.25, -0.2) is 0 Å². The molecule has 3 unspecified atom stereocenters. The molecule has 1 aromatic carbocycles. The molecule has 1 aliphatic heterocycles. The Labute approximate surface area is 126 Å². The van der Waals surface area contributed by atoms with Crippen LogP contribution < -0.4 is 14.8 Å². The minimum absolute atomic E-state index is 0.0986. The van der Waals surface area contributed by atoms with Gasteiger partial charge in [0.1, 0.15) is 0 Å².